The van der Waals surface area contributed by atoms with E-state index in [0.29, 0.717) is 6.04 Å². The molecule has 3 nitrogen and oxygen atoms in total. The summed E-state index contributed by atoms with van der Waals surface area (Å²) in [5.41, 5.74) is 2.68. The zero-order valence-electron chi connectivity index (χ0n) is 10.5. The average molecular weight is 259 g/mol. The van der Waals surface area contributed by atoms with Crippen LogP contribution in [0.2, 0.25) is 0 Å². The first-order chi connectivity index (χ1) is 8.74. The van der Waals surface area contributed by atoms with Gasteiger partial charge >= 0.3 is 0 Å². The molecule has 94 valence electrons. The maximum absolute atomic E-state index is 5.29. The maximum Gasteiger partial charge on any atom is 0.195 e. The van der Waals surface area contributed by atoms with Gasteiger partial charge in [-0.15, -0.1) is 0 Å². The van der Waals surface area contributed by atoms with E-state index in [9.17, 15) is 0 Å². The van der Waals surface area contributed by atoms with Gasteiger partial charge in [0.1, 0.15) is 5.82 Å². The SMILES string of the molecule is Cc1cccc(CCc2n[nH]c(=S)n2C2CC2)c1. The topological polar surface area (TPSA) is 33.6 Å². The Morgan fingerprint density at radius 3 is 2.94 bits per heavy atom. The Hall–Kier alpha value is -1.42. The molecule has 0 atom stereocenters. The Kier molecular flexibility index (Phi) is 3.04. The first kappa shape index (κ1) is 11.7. The summed E-state index contributed by atoms with van der Waals surface area (Å²) in [6, 6.07) is 9.26. The first-order valence-electron chi connectivity index (χ1n) is 6.45. The van der Waals surface area contributed by atoms with Crippen LogP contribution in [0.5, 0.6) is 0 Å². The van der Waals surface area contributed by atoms with E-state index in [1.807, 2.05) is 0 Å². The molecule has 2 aromatic rings. The van der Waals surface area contributed by atoms with Crippen molar-refractivity contribution in [2.75, 3.05) is 0 Å². The standard InChI is InChI=1S/C14H17N3S/c1-10-3-2-4-11(9-10)5-8-13-15-16-14(18)17(13)12-6-7-12/h2-4,9,12H,5-8H2,1H3,(H,16,18). The summed E-state index contributed by atoms with van der Waals surface area (Å²) in [4.78, 5) is 0. The largest absolute Gasteiger partial charge is 0.301 e. The summed E-state index contributed by atoms with van der Waals surface area (Å²) in [6.07, 6.45) is 4.46. The van der Waals surface area contributed by atoms with Crippen LogP contribution in [-0.2, 0) is 12.8 Å². The van der Waals surface area contributed by atoms with Gasteiger partial charge in [-0.2, -0.15) is 5.10 Å². The highest BCUT2D eigenvalue weighted by molar-refractivity contribution is 7.71. The molecule has 0 unspecified atom stereocenters. The predicted octanol–water partition coefficient (Wildman–Crippen LogP) is 3.37. The van der Waals surface area contributed by atoms with Crippen LogP contribution in [0, 0.1) is 11.7 Å². The molecule has 0 bridgehead atoms. The van der Waals surface area contributed by atoms with Crippen LogP contribution in [0.3, 0.4) is 0 Å². The highest BCUT2D eigenvalue weighted by Gasteiger charge is 2.26. The molecule has 1 fully saturated rings. The Morgan fingerprint density at radius 2 is 2.22 bits per heavy atom. The minimum Gasteiger partial charge on any atom is -0.301 e. The van der Waals surface area contributed by atoms with Gasteiger partial charge in [0.05, 0.1) is 0 Å². The molecule has 1 aromatic heterocycles. The molecule has 1 heterocycles. The number of aryl methyl sites for hydroxylation is 3. The molecule has 1 aromatic carbocycles. The van der Waals surface area contributed by atoms with Crippen LogP contribution in [0.4, 0.5) is 0 Å². The van der Waals surface area contributed by atoms with Crippen LogP contribution >= 0.6 is 12.2 Å². The Balaban J connectivity index is 1.75. The van der Waals surface area contributed by atoms with Crippen LogP contribution < -0.4 is 0 Å². The molecule has 0 aliphatic heterocycles. The van der Waals surface area contributed by atoms with Crippen molar-refractivity contribution in [3.63, 3.8) is 0 Å². The van der Waals surface area contributed by atoms with E-state index in [-0.39, 0.29) is 0 Å². The molecule has 1 aliphatic rings. The highest BCUT2D eigenvalue weighted by atomic mass is 32.1. The number of aromatic amines is 1. The molecular formula is C14H17N3S. The van der Waals surface area contributed by atoms with E-state index in [4.69, 9.17) is 12.2 Å². The summed E-state index contributed by atoms with van der Waals surface area (Å²) in [7, 11) is 0. The minimum absolute atomic E-state index is 0.601. The van der Waals surface area contributed by atoms with Crippen molar-refractivity contribution in [1.29, 1.82) is 0 Å². The number of hydrogen-bond acceptors (Lipinski definition) is 2. The number of hydrogen-bond donors (Lipinski definition) is 1. The van der Waals surface area contributed by atoms with Crippen LogP contribution in [0.1, 0.15) is 35.8 Å². The van der Waals surface area contributed by atoms with Crippen molar-refractivity contribution < 1.29 is 0 Å². The monoisotopic (exact) mass is 259 g/mol. The smallest absolute Gasteiger partial charge is 0.195 e. The fourth-order valence-electron chi connectivity index (χ4n) is 2.35. The summed E-state index contributed by atoms with van der Waals surface area (Å²) < 4.78 is 2.97. The lowest BCUT2D eigenvalue weighted by atomic mass is 10.1. The number of H-pyrrole nitrogens is 1. The normalized spacial score (nSPS) is 14.9. The molecule has 0 radical (unpaired) electrons. The van der Waals surface area contributed by atoms with Gasteiger partial charge in [-0.3, -0.25) is 5.10 Å². The zero-order valence-corrected chi connectivity index (χ0v) is 11.3. The number of nitrogens with zero attached hydrogens (tertiary/aromatic N) is 2. The molecule has 0 saturated heterocycles. The third kappa shape index (κ3) is 2.38. The van der Waals surface area contributed by atoms with E-state index in [1.54, 1.807) is 0 Å². The summed E-state index contributed by atoms with van der Waals surface area (Å²) in [6.45, 7) is 2.13. The zero-order chi connectivity index (χ0) is 12.5. The first-order valence-corrected chi connectivity index (χ1v) is 6.86. The Labute approximate surface area is 112 Å². The van der Waals surface area contributed by atoms with E-state index >= 15 is 0 Å². The second kappa shape index (κ2) is 4.69. The van der Waals surface area contributed by atoms with Gasteiger partial charge in [-0.25, -0.2) is 0 Å². The van der Waals surface area contributed by atoms with Gasteiger partial charge in [0.2, 0.25) is 0 Å². The van der Waals surface area contributed by atoms with Crippen molar-refractivity contribution in [3.8, 4) is 0 Å². The number of benzene rings is 1. The van der Waals surface area contributed by atoms with Gasteiger partial charge in [0.15, 0.2) is 4.77 Å². The minimum atomic E-state index is 0.601. The van der Waals surface area contributed by atoms with E-state index in [1.165, 1.54) is 24.0 Å². The molecule has 1 aliphatic carbocycles. The van der Waals surface area contributed by atoms with Gasteiger partial charge in [-0.05, 0) is 44.0 Å². The lowest BCUT2D eigenvalue weighted by Crippen LogP contribution is -2.03. The van der Waals surface area contributed by atoms with Crippen molar-refractivity contribution in [1.82, 2.24) is 14.8 Å². The van der Waals surface area contributed by atoms with Crippen molar-refractivity contribution in [2.24, 2.45) is 0 Å². The van der Waals surface area contributed by atoms with Crippen LogP contribution in [0.15, 0.2) is 24.3 Å². The van der Waals surface area contributed by atoms with E-state index in [0.717, 1.165) is 23.4 Å². The van der Waals surface area contributed by atoms with Crippen molar-refractivity contribution in [3.05, 3.63) is 46.0 Å². The van der Waals surface area contributed by atoms with E-state index < -0.39 is 0 Å². The molecule has 0 amide bonds. The molecule has 1 N–H and O–H groups in total. The average Bonchev–Trinajstić information content (AvgIpc) is 3.11. The van der Waals surface area contributed by atoms with Crippen LogP contribution in [-0.4, -0.2) is 14.8 Å². The fourth-order valence-corrected chi connectivity index (χ4v) is 2.65. The second-order valence-corrected chi connectivity index (χ2v) is 5.42. The van der Waals surface area contributed by atoms with Crippen molar-refractivity contribution >= 4 is 12.2 Å². The lowest BCUT2D eigenvalue weighted by molar-refractivity contribution is 0.666. The quantitative estimate of drug-likeness (QED) is 0.854. The van der Waals surface area contributed by atoms with E-state index in [2.05, 4.69) is 46.0 Å². The van der Waals surface area contributed by atoms with Crippen molar-refractivity contribution in [2.45, 2.75) is 38.6 Å². The predicted molar refractivity (Wildman–Crippen MR) is 74.3 cm³/mol. The van der Waals surface area contributed by atoms with Gasteiger partial charge in [0, 0.05) is 12.5 Å². The summed E-state index contributed by atoms with van der Waals surface area (Å²) in [5.74, 6) is 1.10. The molecule has 18 heavy (non-hydrogen) atoms. The molecule has 3 rings (SSSR count). The summed E-state index contributed by atoms with van der Waals surface area (Å²) in [5, 5.41) is 7.28. The third-order valence-electron chi connectivity index (χ3n) is 3.41. The highest BCUT2D eigenvalue weighted by Crippen LogP contribution is 2.35. The molecule has 0 spiro atoms. The Morgan fingerprint density at radius 1 is 1.39 bits per heavy atom. The van der Waals surface area contributed by atoms with Crippen LogP contribution in [0.25, 0.3) is 0 Å². The van der Waals surface area contributed by atoms with Gasteiger partial charge in [0.25, 0.3) is 0 Å². The van der Waals surface area contributed by atoms with Gasteiger partial charge < -0.3 is 4.57 Å². The third-order valence-corrected chi connectivity index (χ3v) is 3.70. The second-order valence-electron chi connectivity index (χ2n) is 5.04. The maximum atomic E-state index is 5.29. The Bertz CT molecular complexity index is 607. The molecule has 1 saturated carbocycles. The van der Waals surface area contributed by atoms with Gasteiger partial charge in [-0.1, -0.05) is 29.8 Å². The molecular weight excluding hydrogens is 242 g/mol. The number of aromatic nitrogens is 3. The summed E-state index contributed by atoms with van der Waals surface area (Å²) >= 11 is 5.29. The number of nitrogens with one attached hydrogen (secondary N) is 1. The molecule has 4 heteroatoms. The number of rotatable bonds is 4. The lowest BCUT2D eigenvalue weighted by Gasteiger charge is -2.05. The fraction of sp³-hybridized carbons (Fsp3) is 0.429.